The summed E-state index contributed by atoms with van der Waals surface area (Å²) in [5, 5.41) is 0. The van der Waals surface area contributed by atoms with E-state index >= 15 is 0 Å². The summed E-state index contributed by atoms with van der Waals surface area (Å²) in [7, 11) is 11.7. The highest BCUT2D eigenvalue weighted by Crippen LogP contribution is 2.47. The van der Waals surface area contributed by atoms with Gasteiger partial charge in [0.15, 0.2) is 11.5 Å². The number of hydrogen-bond donors (Lipinski definition) is 0. The predicted molar refractivity (Wildman–Crippen MR) is 104 cm³/mol. The average molecular weight is 363 g/mol. The van der Waals surface area contributed by atoms with E-state index in [1.165, 1.54) is 25.7 Å². The number of rotatable bonds is 7. The maximum Gasteiger partial charge on any atom is 0.203 e. The van der Waals surface area contributed by atoms with Crippen molar-refractivity contribution in [3.05, 3.63) is 17.7 Å². The van der Waals surface area contributed by atoms with Crippen molar-refractivity contribution in [2.45, 2.75) is 44.3 Å². The van der Waals surface area contributed by atoms with Gasteiger partial charge in [0.1, 0.15) is 0 Å². The summed E-state index contributed by atoms with van der Waals surface area (Å²) >= 11 is 0. The number of nitrogens with zero attached hydrogens (tertiary/aromatic N) is 2. The maximum atomic E-state index is 5.65. The molecule has 2 aliphatic carbocycles. The topological polar surface area (TPSA) is 34.2 Å². The van der Waals surface area contributed by atoms with Crippen LogP contribution in [0.2, 0.25) is 0 Å². The van der Waals surface area contributed by atoms with Crippen molar-refractivity contribution in [1.82, 2.24) is 9.80 Å². The monoisotopic (exact) mass is 362 g/mol. The summed E-state index contributed by atoms with van der Waals surface area (Å²) in [5.41, 5.74) is 1.15. The first-order valence-corrected chi connectivity index (χ1v) is 9.62. The maximum absolute atomic E-state index is 5.65. The summed E-state index contributed by atoms with van der Waals surface area (Å²) < 4.78 is 16.6. The van der Waals surface area contributed by atoms with Gasteiger partial charge in [-0.05, 0) is 64.7 Å². The van der Waals surface area contributed by atoms with Crippen LogP contribution in [0.3, 0.4) is 0 Å². The van der Waals surface area contributed by atoms with Crippen LogP contribution in [0.15, 0.2) is 12.1 Å². The van der Waals surface area contributed by atoms with E-state index in [0.29, 0.717) is 17.5 Å². The highest BCUT2D eigenvalue weighted by molar-refractivity contribution is 5.55. The van der Waals surface area contributed by atoms with Crippen LogP contribution in [0.25, 0.3) is 0 Å². The standard InChI is InChI=1S/C21H34N2O3/c1-22(2)17-9-15-11-18(12-16(15)10-17)23(3)13-14-7-8-19(24-4)21(26-6)20(14)25-5/h7-8,15-18H,9-13H2,1-6H3/t15-,16+,17?,18?. The molecule has 2 fully saturated rings. The van der Waals surface area contributed by atoms with Gasteiger partial charge < -0.3 is 19.1 Å². The molecule has 146 valence electrons. The molecule has 0 bridgehead atoms. The number of ether oxygens (including phenoxy) is 3. The lowest BCUT2D eigenvalue weighted by molar-refractivity contribution is 0.209. The van der Waals surface area contributed by atoms with E-state index in [0.717, 1.165) is 35.7 Å². The Morgan fingerprint density at radius 3 is 1.88 bits per heavy atom. The number of methoxy groups -OCH3 is 3. The molecule has 0 N–H and O–H groups in total. The van der Waals surface area contributed by atoms with Crippen molar-refractivity contribution in [3.63, 3.8) is 0 Å². The van der Waals surface area contributed by atoms with Crippen LogP contribution in [0.1, 0.15) is 31.2 Å². The molecule has 2 saturated carbocycles. The van der Waals surface area contributed by atoms with Gasteiger partial charge in [-0.2, -0.15) is 0 Å². The van der Waals surface area contributed by atoms with Crippen LogP contribution >= 0.6 is 0 Å². The van der Waals surface area contributed by atoms with Crippen molar-refractivity contribution in [1.29, 1.82) is 0 Å². The Labute approximate surface area is 158 Å². The lowest BCUT2D eigenvalue weighted by Gasteiger charge is -2.28. The average Bonchev–Trinajstić information content (AvgIpc) is 3.20. The summed E-state index contributed by atoms with van der Waals surface area (Å²) in [6, 6.07) is 5.50. The molecule has 0 aromatic heterocycles. The Hall–Kier alpha value is -1.46. The van der Waals surface area contributed by atoms with E-state index < -0.39 is 0 Å². The van der Waals surface area contributed by atoms with Crippen molar-refractivity contribution >= 4 is 0 Å². The Morgan fingerprint density at radius 1 is 0.808 bits per heavy atom. The van der Waals surface area contributed by atoms with Crippen LogP contribution < -0.4 is 14.2 Å². The molecule has 26 heavy (non-hydrogen) atoms. The first kappa shape index (κ1) is 19.3. The normalized spacial score (nSPS) is 27.8. The highest BCUT2D eigenvalue weighted by Gasteiger charge is 2.43. The lowest BCUT2D eigenvalue weighted by Crippen LogP contribution is -2.31. The van der Waals surface area contributed by atoms with E-state index in [4.69, 9.17) is 14.2 Å². The zero-order valence-corrected chi connectivity index (χ0v) is 17.1. The molecule has 2 aliphatic rings. The highest BCUT2D eigenvalue weighted by atomic mass is 16.5. The SMILES string of the molecule is COc1ccc(CN(C)C2C[C@H]3CC(N(C)C)C[C@H]3C2)c(OC)c1OC. The Morgan fingerprint density at radius 2 is 1.38 bits per heavy atom. The van der Waals surface area contributed by atoms with Gasteiger partial charge in [0.2, 0.25) is 5.75 Å². The van der Waals surface area contributed by atoms with Gasteiger partial charge in [-0.15, -0.1) is 0 Å². The molecule has 0 heterocycles. The van der Waals surface area contributed by atoms with Gasteiger partial charge >= 0.3 is 0 Å². The molecule has 1 aromatic carbocycles. The third kappa shape index (κ3) is 3.65. The molecule has 0 saturated heterocycles. The van der Waals surface area contributed by atoms with Gasteiger partial charge in [-0.3, -0.25) is 4.90 Å². The van der Waals surface area contributed by atoms with Crippen LogP contribution in [-0.4, -0.2) is 64.4 Å². The quantitative estimate of drug-likeness (QED) is 0.744. The fraction of sp³-hybridized carbons (Fsp3) is 0.714. The number of fused-ring (bicyclic) bond motifs is 1. The zero-order chi connectivity index (χ0) is 18.8. The van der Waals surface area contributed by atoms with Crippen LogP contribution in [0, 0.1) is 11.8 Å². The molecule has 0 spiro atoms. The fourth-order valence-corrected chi connectivity index (χ4v) is 5.02. The van der Waals surface area contributed by atoms with E-state index in [9.17, 15) is 0 Å². The van der Waals surface area contributed by atoms with Crippen LogP contribution in [0.5, 0.6) is 17.2 Å². The van der Waals surface area contributed by atoms with Crippen molar-refractivity contribution in [3.8, 4) is 17.2 Å². The van der Waals surface area contributed by atoms with Gasteiger partial charge in [-0.25, -0.2) is 0 Å². The molecule has 0 amide bonds. The predicted octanol–water partition coefficient (Wildman–Crippen LogP) is 3.26. The third-order valence-corrected chi connectivity index (χ3v) is 6.53. The first-order chi connectivity index (χ1) is 12.5. The molecule has 4 atom stereocenters. The molecular formula is C21H34N2O3. The second-order valence-corrected chi connectivity index (χ2v) is 8.14. The molecule has 2 unspecified atom stereocenters. The van der Waals surface area contributed by atoms with E-state index in [1.54, 1.807) is 21.3 Å². The third-order valence-electron chi connectivity index (χ3n) is 6.53. The smallest absolute Gasteiger partial charge is 0.203 e. The summed E-state index contributed by atoms with van der Waals surface area (Å²) in [6.07, 6.45) is 5.37. The molecule has 3 rings (SSSR count). The number of benzene rings is 1. The Kier molecular flexibility index (Phi) is 5.98. The van der Waals surface area contributed by atoms with Crippen molar-refractivity contribution in [2.24, 2.45) is 11.8 Å². The largest absolute Gasteiger partial charge is 0.493 e. The molecule has 5 nitrogen and oxygen atoms in total. The zero-order valence-electron chi connectivity index (χ0n) is 17.1. The van der Waals surface area contributed by atoms with Crippen LogP contribution in [-0.2, 0) is 6.54 Å². The van der Waals surface area contributed by atoms with Gasteiger partial charge in [-0.1, -0.05) is 6.07 Å². The Balaban J connectivity index is 1.67. The molecule has 5 heteroatoms. The molecule has 1 aromatic rings. The van der Waals surface area contributed by atoms with Crippen LogP contribution in [0.4, 0.5) is 0 Å². The van der Waals surface area contributed by atoms with Crippen molar-refractivity contribution < 1.29 is 14.2 Å². The first-order valence-electron chi connectivity index (χ1n) is 9.62. The minimum atomic E-state index is 0.658. The van der Waals surface area contributed by atoms with Gasteiger partial charge in [0, 0.05) is 24.2 Å². The van der Waals surface area contributed by atoms with E-state index in [-0.39, 0.29) is 0 Å². The molecule has 0 aliphatic heterocycles. The summed E-state index contributed by atoms with van der Waals surface area (Å²) in [5.74, 6) is 3.95. The summed E-state index contributed by atoms with van der Waals surface area (Å²) in [4.78, 5) is 4.90. The number of hydrogen-bond acceptors (Lipinski definition) is 5. The lowest BCUT2D eigenvalue weighted by atomic mass is 10.0. The Bertz CT molecular complexity index is 606. The van der Waals surface area contributed by atoms with E-state index in [2.05, 4.69) is 37.0 Å². The second kappa shape index (κ2) is 8.05. The van der Waals surface area contributed by atoms with Gasteiger partial charge in [0.05, 0.1) is 21.3 Å². The summed E-state index contributed by atoms with van der Waals surface area (Å²) in [6.45, 7) is 0.866. The minimum Gasteiger partial charge on any atom is -0.493 e. The molecular weight excluding hydrogens is 328 g/mol. The van der Waals surface area contributed by atoms with Crippen molar-refractivity contribution in [2.75, 3.05) is 42.5 Å². The molecule has 0 radical (unpaired) electrons. The second-order valence-electron chi connectivity index (χ2n) is 8.14. The van der Waals surface area contributed by atoms with E-state index in [1.807, 2.05) is 6.07 Å². The fourth-order valence-electron chi connectivity index (χ4n) is 5.02. The minimum absolute atomic E-state index is 0.658. The van der Waals surface area contributed by atoms with Gasteiger partial charge in [0.25, 0.3) is 0 Å².